The van der Waals surface area contributed by atoms with Crippen molar-refractivity contribution in [1.29, 1.82) is 0 Å². The van der Waals surface area contributed by atoms with Crippen LogP contribution in [0.3, 0.4) is 0 Å². The van der Waals surface area contributed by atoms with E-state index in [2.05, 4.69) is 28.6 Å². The lowest BCUT2D eigenvalue weighted by Crippen LogP contribution is -2.09. The van der Waals surface area contributed by atoms with Gasteiger partial charge in [-0.15, -0.1) is 10.2 Å². The van der Waals surface area contributed by atoms with E-state index in [0.717, 1.165) is 22.9 Å². The fourth-order valence-electron chi connectivity index (χ4n) is 3.27. The number of aryl methyl sites for hydroxylation is 2. The molecule has 0 unspecified atom stereocenters. The molecule has 0 atom stereocenters. The largest absolute Gasteiger partial charge is 0.399 e. The molecule has 1 aliphatic carbocycles. The van der Waals surface area contributed by atoms with E-state index in [1.807, 2.05) is 19.1 Å². The summed E-state index contributed by atoms with van der Waals surface area (Å²) in [6, 6.07) is 4.58. The Morgan fingerprint density at radius 1 is 1.10 bits per heavy atom. The molecular formula is C16H22N4. The van der Waals surface area contributed by atoms with Gasteiger partial charge in [-0.3, -0.25) is 0 Å². The first-order chi connectivity index (χ1) is 9.58. The van der Waals surface area contributed by atoms with Gasteiger partial charge >= 0.3 is 0 Å². The van der Waals surface area contributed by atoms with Gasteiger partial charge in [0.1, 0.15) is 5.82 Å². The lowest BCUT2D eigenvalue weighted by Gasteiger charge is -2.17. The molecule has 106 valence electrons. The minimum absolute atomic E-state index is 0.543. The highest BCUT2D eigenvalue weighted by Gasteiger charge is 2.24. The van der Waals surface area contributed by atoms with Crippen LogP contribution in [0.15, 0.2) is 12.1 Å². The minimum atomic E-state index is 0.543. The second-order valence-corrected chi connectivity index (χ2v) is 5.89. The Hall–Kier alpha value is -1.84. The highest BCUT2D eigenvalue weighted by molar-refractivity contribution is 5.68. The summed E-state index contributed by atoms with van der Waals surface area (Å²) in [5.41, 5.74) is 10.4. The normalized spacial score (nSPS) is 15.9. The molecule has 0 spiro atoms. The quantitative estimate of drug-likeness (QED) is 0.849. The lowest BCUT2D eigenvalue weighted by molar-refractivity contribution is 0.510. The van der Waals surface area contributed by atoms with Gasteiger partial charge in [-0.1, -0.05) is 12.8 Å². The zero-order chi connectivity index (χ0) is 14.3. The summed E-state index contributed by atoms with van der Waals surface area (Å²) in [7, 11) is 0. The molecule has 1 aliphatic rings. The van der Waals surface area contributed by atoms with E-state index in [4.69, 9.17) is 5.73 Å². The highest BCUT2D eigenvalue weighted by atomic mass is 15.3. The molecule has 1 aromatic heterocycles. The number of rotatable bonds is 2. The maximum absolute atomic E-state index is 6.02. The number of hydrogen-bond donors (Lipinski definition) is 1. The Morgan fingerprint density at radius 2 is 1.80 bits per heavy atom. The molecule has 0 bridgehead atoms. The maximum atomic E-state index is 6.02. The number of nitrogens with two attached hydrogens (primary N) is 1. The van der Waals surface area contributed by atoms with Gasteiger partial charge in [0.25, 0.3) is 0 Å². The summed E-state index contributed by atoms with van der Waals surface area (Å²) in [5, 5.41) is 8.74. The van der Waals surface area contributed by atoms with Gasteiger partial charge in [0, 0.05) is 17.3 Å². The number of hydrogen-bond acceptors (Lipinski definition) is 3. The van der Waals surface area contributed by atoms with Gasteiger partial charge in [-0.2, -0.15) is 0 Å². The van der Waals surface area contributed by atoms with E-state index in [1.165, 1.54) is 36.8 Å². The van der Waals surface area contributed by atoms with Crippen LogP contribution in [0.4, 0.5) is 5.69 Å². The van der Waals surface area contributed by atoms with Crippen molar-refractivity contribution >= 4 is 5.69 Å². The summed E-state index contributed by atoms with van der Waals surface area (Å²) in [6.07, 6.45) is 5.06. The van der Waals surface area contributed by atoms with Gasteiger partial charge in [0.05, 0.1) is 0 Å². The predicted octanol–water partition coefficient (Wildman–Crippen LogP) is 3.57. The molecule has 2 aromatic rings. The van der Waals surface area contributed by atoms with Crippen molar-refractivity contribution in [2.75, 3.05) is 5.73 Å². The molecule has 20 heavy (non-hydrogen) atoms. The van der Waals surface area contributed by atoms with E-state index in [1.54, 1.807) is 0 Å². The van der Waals surface area contributed by atoms with Crippen molar-refractivity contribution in [3.63, 3.8) is 0 Å². The molecule has 4 nitrogen and oxygen atoms in total. The van der Waals surface area contributed by atoms with Crippen LogP contribution < -0.4 is 5.73 Å². The monoisotopic (exact) mass is 270 g/mol. The van der Waals surface area contributed by atoms with Gasteiger partial charge in [0.15, 0.2) is 5.82 Å². The average Bonchev–Trinajstić information content (AvgIpc) is 3.02. The Labute approximate surface area is 120 Å². The standard InChI is InChI=1S/C16H22N4/c1-10-8-13(17)9-15(11(10)2)16-19-18-12(3)20(16)14-6-4-5-7-14/h8-9,14H,4-7,17H2,1-3H3. The van der Waals surface area contributed by atoms with Crippen LogP contribution in [0.5, 0.6) is 0 Å². The Balaban J connectivity index is 2.16. The van der Waals surface area contributed by atoms with Gasteiger partial charge in [-0.25, -0.2) is 0 Å². The molecule has 0 radical (unpaired) electrons. The predicted molar refractivity (Wildman–Crippen MR) is 81.6 cm³/mol. The second-order valence-electron chi connectivity index (χ2n) is 5.89. The van der Waals surface area contributed by atoms with Gasteiger partial charge in [0.2, 0.25) is 0 Å². The van der Waals surface area contributed by atoms with Crippen LogP contribution in [0, 0.1) is 20.8 Å². The second kappa shape index (κ2) is 4.93. The molecule has 1 heterocycles. The molecule has 0 aliphatic heterocycles. The Bertz CT molecular complexity index is 636. The van der Waals surface area contributed by atoms with Crippen molar-refractivity contribution in [3.8, 4) is 11.4 Å². The smallest absolute Gasteiger partial charge is 0.164 e. The van der Waals surface area contributed by atoms with Crippen molar-refractivity contribution in [2.45, 2.75) is 52.5 Å². The number of anilines is 1. The van der Waals surface area contributed by atoms with Gasteiger partial charge < -0.3 is 10.3 Å². The maximum Gasteiger partial charge on any atom is 0.164 e. The third kappa shape index (κ3) is 2.09. The first-order valence-electron chi connectivity index (χ1n) is 7.36. The van der Waals surface area contributed by atoms with E-state index in [-0.39, 0.29) is 0 Å². The molecule has 3 rings (SSSR count). The third-order valence-corrected chi connectivity index (χ3v) is 4.49. The molecule has 1 aromatic carbocycles. The third-order valence-electron chi connectivity index (χ3n) is 4.49. The number of nitrogen functional groups attached to an aromatic ring is 1. The molecule has 1 fully saturated rings. The molecule has 0 saturated heterocycles. The SMILES string of the molecule is Cc1cc(N)cc(-c2nnc(C)n2C2CCCC2)c1C. The Kier molecular flexibility index (Phi) is 3.24. The van der Waals surface area contributed by atoms with E-state index < -0.39 is 0 Å². The first-order valence-corrected chi connectivity index (χ1v) is 7.36. The fraction of sp³-hybridized carbons (Fsp3) is 0.500. The van der Waals surface area contributed by atoms with Crippen LogP contribution in [0.1, 0.15) is 48.7 Å². The van der Waals surface area contributed by atoms with Gasteiger partial charge in [-0.05, 0) is 56.9 Å². The first kappa shape index (κ1) is 13.2. The van der Waals surface area contributed by atoms with Crippen LogP contribution in [0.2, 0.25) is 0 Å². The molecule has 0 amide bonds. The fourth-order valence-corrected chi connectivity index (χ4v) is 3.27. The molecule has 4 heteroatoms. The topological polar surface area (TPSA) is 56.7 Å². The van der Waals surface area contributed by atoms with Crippen molar-refractivity contribution < 1.29 is 0 Å². The summed E-state index contributed by atoms with van der Waals surface area (Å²) in [4.78, 5) is 0. The van der Waals surface area contributed by atoms with E-state index in [9.17, 15) is 0 Å². The van der Waals surface area contributed by atoms with Crippen LogP contribution in [-0.4, -0.2) is 14.8 Å². The highest BCUT2D eigenvalue weighted by Crippen LogP contribution is 2.35. The minimum Gasteiger partial charge on any atom is -0.399 e. The molecular weight excluding hydrogens is 248 g/mol. The lowest BCUT2D eigenvalue weighted by atomic mass is 10.0. The molecule has 1 saturated carbocycles. The zero-order valence-electron chi connectivity index (χ0n) is 12.5. The molecule has 2 N–H and O–H groups in total. The number of benzene rings is 1. The van der Waals surface area contributed by atoms with Crippen LogP contribution in [-0.2, 0) is 0 Å². The summed E-state index contributed by atoms with van der Waals surface area (Å²) < 4.78 is 2.31. The van der Waals surface area contributed by atoms with Crippen LogP contribution in [0.25, 0.3) is 11.4 Å². The summed E-state index contributed by atoms with van der Waals surface area (Å²) in [6.45, 7) is 6.27. The van der Waals surface area contributed by atoms with Crippen molar-refractivity contribution in [3.05, 3.63) is 29.1 Å². The Morgan fingerprint density at radius 3 is 2.50 bits per heavy atom. The van der Waals surface area contributed by atoms with E-state index in [0.29, 0.717) is 6.04 Å². The van der Waals surface area contributed by atoms with E-state index >= 15 is 0 Å². The van der Waals surface area contributed by atoms with Crippen molar-refractivity contribution in [1.82, 2.24) is 14.8 Å². The number of aromatic nitrogens is 3. The average molecular weight is 270 g/mol. The van der Waals surface area contributed by atoms with Crippen molar-refractivity contribution in [2.24, 2.45) is 0 Å². The zero-order valence-corrected chi connectivity index (χ0v) is 12.5. The number of nitrogens with zero attached hydrogens (tertiary/aromatic N) is 3. The summed E-state index contributed by atoms with van der Waals surface area (Å²) >= 11 is 0. The summed E-state index contributed by atoms with van der Waals surface area (Å²) in [5.74, 6) is 1.98. The van der Waals surface area contributed by atoms with Crippen LogP contribution >= 0.6 is 0 Å².